The summed E-state index contributed by atoms with van der Waals surface area (Å²) in [5.41, 5.74) is 1.20. The van der Waals surface area contributed by atoms with Gasteiger partial charge in [0.05, 0.1) is 31.7 Å². The van der Waals surface area contributed by atoms with E-state index in [1.807, 2.05) is 29.8 Å². The van der Waals surface area contributed by atoms with E-state index in [1.165, 1.54) is 4.90 Å². The number of ketones is 1. The molecule has 2 aromatic carbocycles. The van der Waals surface area contributed by atoms with E-state index in [9.17, 15) is 14.7 Å². The van der Waals surface area contributed by atoms with E-state index >= 15 is 0 Å². The highest BCUT2D eigenvalue weighted by atomic mass is 16.5. The number of aryl methyl sites for hydroxylation is 1. The average Bonchev–Trinajstić information content (AvgIpc) is 3.50. The van der Waals surface area contributed by atoms with Gasteiger partial charge >= 0.3 is 0 Å². The third kappa shape index (κ3) is 5.06. The van der Waals surface area contributed by atoms with Crippen molar-refractivity contribution < 1.29 is 24.2 Å². The molecule has 1 aliphatic heterocycles. The molecule has 0 spiro atoms. The van der Waals surface area contributed by atoms with Gasteiger partial charge in [-0.2, -0.15) is 0 Å². The number of Topliss-reactive ketones (excluding diaryl/α,β-unsaturated/α-hetero) is 1. The second-order valence-electron chi connectivity index (χ2n) is 8.27. The van der Waals surface area contributed by atoms with E-state index in [1.54, 1.807) is 56.0 Å². The van der Waals surface area contributed by atoms with Crippen LogP contribution in [-0.2, 0) is 16.1 Å². The number of hydrogen-bond acceptors (Lipinski definition) is 6. The van der Waals surface area contributed by atoms with Gasteiger partial charge in [0.25, 0.3) is 11.7 Å². The van der Waals surface area contributed by atoms with Crippen LogP contribution in [0.5, 0.6) is 11.5 Å². The molecule has 8 nitrogen and oxygen atoms in total. The number of imidazole rings is 1. The molecule has 1 saturated heterocycles. The number of benzene rings is 2. The molecular weight excluding hydrogens is 446 g/mol. The minimum atomic E-state index is -0.757. The van der Waals surface area contributed by atoms with E-state index in [4.69, 9.17) is 9.47 Å². The first kappa shape index (κ1) is 24.1. The SMILES string of the molecule is CCCOc1ccc(C2/C(=C(/O)c3ccccc3)C(=O)C(=O)N2CCCn2ccnc2)cc1OC. The molecule has 8 heteroatoms. The zero-order valence-electron chi connectivity index (χ0n) is 19.9. The van der Waals surface area contributed by atoms with Gasteiger partial charge in [-0.05, 0) is 30.5 Å². The van der Waals surface area contributed by atoms with Gasteiger partial charge in [0.1, 0.15) is 5.76 Å². The minimum Gasteiger partial charge on any atom is -0.507 e. The van der Waals surface area contributed by atoms with Crippen molar-refractivity contribution in [1.82, 2.24) is 14.5 Å². The maximum Gasteiger partial charge on any atom is 0.295 e. The lowest BCUT2D eigenvalue weighted by Gasteiger charge is -2.26. The molecule has 0 bridgehead atoms. The lowest BCUT2D eigenvalue weighted by Crippen LogP contribution is -2.31. The monoisotopic (exact) mass is 475 g/mol. The molecule has 1 N–H and O–H groups in total. The minimum absolute atomic E-state index is 0.0631. The van der Waals surface area contributed by atoms with Crippen LogP contribution in [0.1, 0.15) is 36.9 Å². The second kappa shape index (κ2) is 10.9. The highest BCUT2D eigenvalue weighted by molar-refractivity contribution is 6.46. The smallest absolute Gasteiger partial charge is 0.295 e. The molecule has 1 aromatic heterocycles. The van der Waals surface area contributed by atoms with Crippen LogP contribution in [-0.4, -0.2) is 51.5 Å². The summed E-state index contributed by atoms with van der Waals surface area (Å²) in [5, 5.41) is 11.1. The summed E-state index contributed by atoms with van der Waals surface area (Å²) in [4.78, 5) is 31.9. The van der Waals surface area contributed by atoms with Crippen LogP contribution in [0.3, 0.4) is 0 Å². The third-order valence-electron chi connectivity index (χ3n) is 5.93. The predicted octanol–water partition coefficient (Wildman–Crippen LogP) is 4.19. The number of likely N-dealkylation sites (tertiary alicyclic amines) is 1. The summed E-state index contributed by atoms with van der Waals surface area (Å²) in [5.74, 6) is -0.457. The Balaban J connectivity index is 1.74. The summed E-state index contributed by atoms with van der Waals surface area (Å²) in [6.07, 6.45) is 6.71. The molecule has 4 rings (SSSR count). The van der Waals surface area contributed by atoms with Crippen molar-refractivity contribution in [2.75, 3.05) is 20.3 Å². The van der Waals surface area contributed by atoms with Crippen LogP contribution >= 0.6 is 0 Å². The molecule has 1 amide bonds. The number of carbonyl (C=O) groups excluding carboxylic acids is 2. The largest absolute Gasteiger partial charge is 0.507 e. The van der Waals surface area contributed by atoms with E-state index in [-0.39, 0.29) is 11.3 Å². The molecule has 0 radical (unpaired) electrons. The Kier molecular flexibility index (Phi) is 7.50. The van der Waals surface area contributed by atoms with Crippen LogP contribution in [0, 0.1) is 0 Å². The second-order valence-corrected chi connectivity index (χ2v) is 8.27. The van der Waals surface area contributed by atoms with Gasteiger partial charge in [-0.3, -0.25) is 9.59 Å². The Morgan fingerprint density at radius 2 is 1.89 bits per heavy atom. The van der Waals surface area contributed by atoms with Crippen molar-refractivity contribution in [2.45, 2.75) is 32.4 Å². The fourth-order valence-electron chi connectivity index (χ4n) is 4.24. The maximum atomic E-state index is 13.2. The molecular formula is C27H29N3O5. The number of amides is 1. The normalized spacial score (nSPS) is 17.1. The van der Waals surface area contributed by atoms with Crippen LogP contribution in [0.2, 0.25) is 0 Å². The lowest BCUT2D eigenvalue weighted by molar-refractivity contribution is -0.139. The maximum absolute atomic E-state index is 13.2. The number of aromatic nitrogens is 2. The number of methoxy groups -OCH3 is 1. The van der Waals surface area contributed by atoms with E-state index in [0.29, 0.717) is 48.7 Å². The summed E-state index contributed by atoms with van der Waals surface area (Å²) < 4.78 is 13.2. The van der Waals surface area contributed by atoms with Crippen molar-refractivity contribution in [1.29, 1.82) is 0 Å². The van der Waals surface area contributed by atoms with Crippen molar-refractivity contribution in [3.05, 3.63) is 84.0 Å². The summed E-state index contributed by atoms with van der Waals surface area (Å²) in [7, 11) is 1.55. The Morgan fingerprint density at radius 3 is 2.57 bits per heavy atom. The van der Waals surface area contributed by atoms with Crippen LogP contribution in [0.15, 0.2) is 72.8 Å². The molecule has 0 aliphatic carbocycles. The topological polar surface area (TPSA) is 93.9 Å². The van der Waals surface area contributed by atoms with Crippen LogP contribution in [0.4, 0.5) is 0 Å². The van der Waals surface area contributed by atoms with Gasteiger partial charge < -0.3 is 24.0 Å². The standard InChI is InChI=1S/C27H29N3O5/c1-3-16-35-21-11-10-20(17-22(21)34-2)24-23(25(31)19-8-5-4-6-9-19)26(32)27(33)30(24)14-7-13-29-15-12-28-18-29/h4-6,8-12,15,17-18,24,31H,3,7,13-14,16H2,1-2H3/b25-23-. The highest BCUT2D eigenvalue weighted by Crippen LogP contribution is 2.42. The lowest BCUT2D eigenvalue weighted by atomic mass is 9.95. The van der Waals surface area contributed by atoms with Gasteiger partial charge in [0.2, 0.25) is 0 Å². The average molecular weight is 476 g/mol. The van der Waals surface area contributed by atoms with Gasteiger partial charge in [0.15, 0.2) is 11.5 Å². The molecule has 3 aromatic rings. The van der Waals surface area contributed by atoms with E-state index in [0.717, 1.165) is 6.42 Å². The zero-order valence-corrected chi connectivity index (χ0v) is 19.9. The third-order valence-corrected chi connectivity index (χ3v) is 5.93. The first-order chi connectivity index (χ1) is 17.0. The van der Waals surface area contributed by atoms with Crippen molar-refractivity contribution in [3.8, 4) is 11.5 Å². The number of ether oxygens (including phenoxy) is 2. The Hall–Kier alpha value is -4.07. The molecule has 2 heterocycles. The predicted molar refractivity (Wildman–Crippen MR) is 131 cm³/mol. The molecule has 35 heavy (non-hydrogen) atoms. The number of aliphatic hydroxyl groups excluding tert-OH is 1. The van der Waals surface area contributed by atoms with Gasteiger partial charge in [-0.1, -0.05) is 43.3 Å². The quantitative estimate of drug-likeness (QED) is 0.268. The Morgan fingerprint density at radius 1 is 1.09 bits per heavy atom. The zero-order chi connectivity index (χ0) is 24.8. The van der Waals surface area contributed by atoms with Crippen molar-refractivity contribution in [3.63, 3.8) is 0 Å². The number of rotatable bonds is 10. The van der Waals surface area contributed by atoms with Gasteiger partial charge in [0, 0.05) is 31.0 Å². The number of hydrogen-bond donors (Lipinski definition) is 1. The molecule has 1 fully saturated rings. The van der Waals surface area contributed by atoms with Crippen molar-refractivity contribution in [2.24, 2.45) is 0 Å². The fraction of sp³-hybridized carbons (Fsp3) is 0.296. The van der Waals surface area contributed by atoms with Gasteiger partial charge in [-0.25, -0.2) is 4.98 Å². The van der Waals surface area contributed by atoms with Gasteiger partial charge in [-0.15, -0.1) is 0 Å². The number of aliphatic hydroxyl groups is 1. The number of carbonyl (C=O) groups is 2. The Labute approximate surface area is 204 Å². The first-order valence-electron chi connectivity index (χ1n) is 11.7. The molecule has 1 aliphatic rings. The summed E-state index contributed by atoms with van der Waals surface area (Å²) in [6, 6.07) is 13.4. The fourth-order valence-corrected chi connectivity index (χ4v) is 4.24. The Bertz CT molecular complexity index is 1200. The van der Waals surface area contributed by atoms with Crippen molar-refractivity contribution >= 4 is 17.4 Å². The molecule has 1 unspecified atom stereocenters. The highest BCUT2D eigenvalue weighted by Gasteiger charge is 2.46. The molecule has 1 atom stereocenters. The van der Waals surface area contributed by atoms with E-state index < -0.39 is 17.7 Å². The number of nitrogens with zero attached hydrogens (tertiary/aromatic N) is 3. The first-order valence-corrected chi connectivity index (χ1v) is 11.7. The summed E-state index contributed by atoms with van der Waals surface area (Å²) >= 11 is 0. The summed E-state index contributed by atoms with van der Waals surface area (Å²) in [6.45, 7) is 3.52. The molecule has 182 valence electrons. The molecule has 0 saturated carbocycles. The van der Waals surface area contributed by atoms with E-state index in [2.05, 4.69) is 4.98 Å². The van der Waals surface area contributed by atoms with Crippen LogP contribution in [0.25, 0.3) is 5.76 Å². The van der Waals surface area contributed by atoms with Crippen LogP contribution < -0.4 is 9.47 Å².